The van der Waals surface area contributed by atoms with Gasteiger partial charge in [-0.1, -0.05) is 6.07 Å². The van der Waals surface area contributed by atoms with Crippen molar-refractivity contribution in [2.75, 3.05) is 0 Å². The second kappa shape index (κ2) is 4.81. The molecule has 96 valence electrons. The van der Waals surface area contributed by atoms with Crippen LogP contribution in [0.15, 0.2) is 18.2 Å². The van der Waals surface area contributed by atoms with Crippen LogP contribution in [0, 0.1) is 18.6 Å². The molecule has 4 nitrogen and oxygen atoms in total. The number of rotatable bonds is 3. The SMILES string of the molecule is Cc1nc([C@@H](C)O)nn1Cc1ccc(F)cc1F. The number of aliphatic hydroxyl groups excluding tert-OH is 1. The fourth-order valence-electron chi connectivity index (χ4n) is 1.58. The third-order valence-corrected chi connectivity index (χ3v) is 2.58. The molecule has 0 aliphatic carbocycles. The van der Waals surface area contributed by atoms with E-state index in [1.54, 1.807) is 13.8 Å². The summed E-state index contributed by atoms with van der Waals surface area (Å²) in [4.78, 5) is 4.06. The van der Waals surface area contributed by atoms with E-state index in [1.165, 1.54) is 16.8 Å². The first-order chi connectivity index (χ1) is 8.47. The van der Waals surface area contributed by atoms with Crippen LogP contribution in [0.2, 0.25) is 0 Å². The van der Waals surface area contributed by atoms with Crippen LogP contribution in [0.4, 0.5) is 8.78 Å². The lowest BCUT2D eigenvalue weighted by atomic mass is 10.2. The number of benzene rings is 1. The van der Waals surface area contributed by atoms with Crippen molar-refractivity contribution in [2.45, 2.75) is 26.5 Å². The first-order valence-electron chi connectivity index (χ1n) is 5.50. The Hall–Kier alpha value is -1.82. The Bertz CT molecular complexity index is 566. The molecule has 6 heteroatoms. The van der Waals surface area contributed by atoms with Crippen LogP contribution >= 0.6 is 0 Å². The Morgan fingerprint density at radius 2 is 2.11 bits per heavy atom. The minimum atomic E-state index is -0.775. The summed E-state index contributed by atoms with van der Waals surface area (Å²) in [6, 6.07) is 3.39. The second-order valence-electron chi connectivity index (χ2n) is 4.09. The number of hydrogen-bond acceptors (Lipinski definition) is 3. The standard InChI is InChI=1S/C12H13F2N3O/c1-7(18)12-15-8(2)17(16-12)6-9-3-4-10(13)5-11(9)14/h3-5,7,18H,6H2,1-2H3/t7-/m1/s1. The van der Waals surface area contributed by atoms with Crippen LogP contribution in [0.25, 0.3) is 0 Å². The van der Waals surface area contributed by atoms with E-state index >= 15 is 0 Å². The quantitative estimate of drug-likeness (QED) is 0.909. The lowest BCUT2D eigenvalue weighted by molar-refractivity contribution is 0.188. The average Bonchev–Trinajstić information content (AvgIpc) is 2.64. The molecule has 0 fully saturated rings. The number of aromatic nitrogens is 3. The van der Waals surface area contributed by atoms with Crippen molar-refractivity contribution in [3.63, 3.8) is 0 Å². The van der Waals surface area contributed by atoms with Gasteiger partial charge in [0.1, 0.15) is 23.6 Å². The third kappa shape index (κ3) is 2.53. The highest BCUT2D eigenvalue weighted by atomic mass is 19.1. The molecular weight excluding hydrogens is 240 g/mol. The van der Waals surface area contributed by atoms with Gasteiger partial charge in [-0.2, -0.15) is 5.10 Å². The molecule has 1 aromatic heterocycles. The van der Waals surface area contributed by atoms with Crippen LogP contribution in [0.3, 0.4) is 0 Å². The van der Waals surface area contributed by atoms with Gasteiger partial charge in [0.25, 0.3) is 0 Å². The molecule has 0 aliphatic heterocycles. The smallest absolute Gasteiger partial charge is 0.179 e. The maximum absolute atomic E-state index is 13.5. The minimum Gasteiger partial charge on any atom is -0.385 e. The summed E-state index contributed by atoms with van der Waals surface area (Å²) in [5.41, 5.74) is 0.321. The first kappa shape index (κ1) is 12.6. The molecule has 0 saturated heterocycles. The Morgan fingerprint density at radius 1 is 1.39 bits per heavy atom. The van der Waals surface area contributed by atoms with Gasteiger partial charge in [-0.15, -0.1) is 0 Å². The van der Waals surface area contributed by atoms with E-state index in [2.05, 4.69) is 10.1 Å². The number of halogens is 2. The fraction of sp³-hybridized carbons (Fsp3) is 0.333. The molecular formula is C12H13F2N3O. The van der Waals surface area contributed by atoms with Crippen LogP contribution in [0.1, 0.15) is 30.2 Å². The Kier molecular flexibility index (Phi) is 3.38. The molecule has 0 bridgehead atoms. The third-order valence-electron chi connectivity index (χ3n) is 2.58. The Balaban J connectivity index is 2.28. The zero-order valence-corrected chi connectivity index (χ0v) is 10.1. The van der Waals surface area contributed by atoms with E-state index < -0.39 is 17.7 Å². The van der Waals surface area contributed by atoms with E-state index in [0.717, 1.165) is 6.07 Å². The maximum Gasteiger partial charge on any atom is 0.179 e. The Labute approximate surface area is 103 Å². The molecule has 0 unspecified atom stereocenters. The van der Waals surface area contributed by atoms with Crippen LogP contribution in [-0.4, -0.2) is 19.9 Å². The molecule has 1 atom stereocenters. The van der Waals surface area contributed by atoms with E-state index in [4.69, 9.17) is 0 Å². The van der Waals surface area contributed by atoms with Gasteiger partial charge in [0.05, 0.1) is 6.54 Å². The predicted octanol–water partition coefficient (Wildman–Crippen LogP) is 1.97. The van der Waals surface area contributed by atoms with E-state index in [-0.39, 0.29) is 12.4 Å². The molecule has 0 spiro atoms. The van der Waals surface area contributed by atoms with Crippen molar-refractivity contribution in [1.29, 1.82) is 0 Å². The molecule has 2 rings (SSSR count). The number of aliphatic hydroxyl groups is 1. The summed E-state index contributed by atoms with van der Waals surface area (Å²) in [5.74, 6) is -0.385. The highest BCUT2D eigenvalue weighted by molar-refractivity contribution is 5.19. The molecule has 0 saturated carbocycles. The second-order valence-corrected chi connectivity index (χ2v) is 4.09. The van der Waals surface area contributed by atoms with Crippen molar-refractivity contribution in [3.8, 4) is 0 Å². The molecule has 1 N–H and O–H groups in total. The zero-order valence-electron chi connectivity index (χ0n) is 10.1. The van der Waals surface area contributed by atoms with Gasteiger partial charge in [0.15, 0.2) is 5.82 Å². The largest absolute Gasteiger partial charge is 0.385 e. The summed E-state index contributed by atoms with van der Waals surface area (Å²) in [5, 5.41) is 13.4. The average molecular weight is 253 g/mol. The van der Waals surface area contributed by atoms with E-state index in [9.17, 15) is 13.9 Å². The van der Waals surface area contributed by atoms with Gasteiger partial charge in [-0.05, 0) is 19.9 Å². The van der Waals surface area contributed by atoms with Gasteiger partial charge >= 0.3 is 0 Å². The van der Waals surface area contributed by atoms with Gasteiger partial charge in [0, 0.05) is 11.6 Å². The maximum atomic E-state index is 13.5. The number of aryl methyl sites for hydroxylation is 1. The van der Waals surface area contributed by atoms with Crippen LogP contribution in [0.5, 0.6) is 0 Å². The van der Waals surface area contributed by atoms with Gasteiger partial charge in [-0.25, -0.2) is 18.4 Å². The van der Waals surface area contributed by atoms with Gasteiger partial charge in [-0.3, -0.25) is 0 Å². The molecule has 0 radical (unpaired) electrons. The number of nitrogens with zero attached hydrogens (tertiary/aromatic N) is 3. The van der Waals surface area contributed by atoms with Crippen molar-refractivity contribution in [1.82, 2.24) is 14.8 Å². The van der Waals surface area contributed by atoms with Crippen molar-refractivity contribution in [2.24, 2.45) is 0 Å². The van der Waals surface area contributed by atoms with Crippen molar-refractivity contribution < 1.29 is 13.9 Å². The normalized spacial score (nSPS) is 12.7. The van der Waals surface area contributed by atoms with Crippen molar-refractivity contribution in [3.05, 3.63) is 47.0 Å². The molecule has 18 heavy (non-hydrogen) atoms. The zero-order chi connectivity index (χ0) is 13.3. The summed E-state index contributed by atoms with van der Waals surface area (Å²) in [6.07, 6.45) is -0.775. The molecule has 0 amide bonds. The number of hydrogen-bond donors (Lipinski definition) is 1. The topological polar surface area (TPSA) is 50.9 Å². The minimum absolute atomic E-state index is 0.150. The molecule has 0 aliphatic rings. The Morgan fingerprint density at radius 3 is 2.67 bits per heavy atom. The van der Waals surface area contributed by atoms with Crippen molar-refractivity contribution >= 4 is 0 Å². The molecule has 1 aromatic carbocycles. The van der Waals surface area contributed by atoms with Gasteiger partial charge < -0.3 is 5.11 Å². The van der Waals surface area contributed by atoms with Crippen LogP contribution < -0.4 is 0 Å². The highest BCUT2D eigenvalue weighted by Crippen LogP contribution is 2.13. The van der Waals surface area contributed by atoms with E-state index in [1.807, 2.05) is 0 Å². The van der Waals surface area contributed by atoms with Crippen LogP contribution in [-0.2, 0) is 6.54 Å². The molecule has 2 aromatic rings. The highest BCUT2D eigenvalue weighted by Gasteiger charge is 2.12. The van der Waals surface area contributed by atoms with Gasteiger partial charge in [0.2, 0.25) is 0 Å². The fourth-order valence-corrected chi connectivity index (χ4v) is 1.58. The van der Waals surface area contributed by atoms with E-state index in [0.29, 0.717) is 11.4 Å². The summed E-state index contributed by atoms with van der Waals surface area (Å²) in [6.45, 7) is 3.41. The summed E-state index contributed by atoms with van der Waals surface area (Å²) in [7, 11) is 0. The summed E-state index contributed by atoms with van der Waals surface area (Å²) < 4.78 is 27.7. The summed E-state index contributed by atoms with van der Waals surface area (Å²) >= 11 is 0. The first-order valence-corrected chi connectivity index (χ1v) is 5.50. The lowest BCUT2D eigenvalue weighted by Crippen LogP contribution is -2.06. The molecule has 1 heterocycles. The monoisotopic (exact) mass is 253 g/mol. The lowest BCUT2D eigenvalue weighted by Gasteiger charge is -2.04. The predicted molar refractivity (Wildman–Crippen MR) is 60.9 cm³/mol.